The van der Waals surface area contributed by atoms with Crippen LogP contribution in [-0.2, 0) is 0 Å². The lowest BCUT2D eigenvalue weighted by Crippen LogP contribution is -2.06. The predicted molar refractivity (Wildman–Crippen MR) is 75.3 cm³/mol. The van der Waals surface area contributed by atoms with Crippen molar-refractivity contribution in [3.05, 3.63) is 40.6 Å². The number of hydrogen-bond donors (Lipinski definition) is 0. The van der Waals surface area contributed by atoms with Gasteiger partial charge in [0.2, 0.25) is 0 Å². The van der Waals surface area contributed by atoms with E-state index < -0.39 is 0 Å². The van der Waals surface area contributed by atoms with Crippen LogP contribution in [0.15, 0.2) is 34.9 Å². The summed E-state index contributed by atoms with van der Waals surface area (Å²) in [6.45, 7) is 0. The van der Waals surface area contributed by atoms with Crippen molar-refractivity contribution in [3.8, 4) is 0 Å². The van der Waals surface area contributed by atoms with E-state index in [0.29, 0.717) is 5.92 Å². The first-order valence-corrected chi connectivity index (χ1v) is 7.18. The fourth-order valence-corrected chi connectivity index (χ4v) is 3.39. The molecular formula is C15H16BrN. The van der Waals surface area contributed by atoms with Gasteiger partial charge in [0.1, 0.15) is 0 Å². The van der Waals surface area contributed by atoms with Gasteiger partial charge in [-0.15, -0.1) is 0 Å². The number of pyridine rings is 1. The van der Waals surface area contributed by atoms with Crippen LogP contribution in [0.5, 0.6) is 0 Å². The van der Waals surface area contributed by atoms with Gasteiger partial charge in [0.05, 0.1) is 5.69 Å². The average Bonchev–Trinajstić information content (AvgIpc) is 2.40. The Morgan fingerprint density at radius 1 is 1.00 bits per heavy atom. The van der Waals surface area contributed by atoms with Crippen molar-refractivity contribution in [1.29, 1.82) is 0 Å². The lowest BCUT2D eigenvalue weighted by Gasteiger charge is -2.22. The Bertz CT molecular complexity index is 529. The van der Waals surface area contributed by atoms with Crippen LogP contribution in [0, 0.1) is 0 Å². The Kier molecular flexibility index (Phi) is 3.15. The Hall–Kier alpha value is -0.890. The second kappa shape index (κ2) is 4.77. The van der Waals surface area contributed by atoms with E-state index in [1.165, 1.54) is 53.0 Å². The maximum absolute atomic E-state index is 4.65. The van der Waals surface area contributed by atoms with Gasteiger partial charge in [0.25, 0.3) is 0 Å². The number of halogens is 1. The largest absolute Gasteiger partial charge is 0.260 e. The Labute approximate surface area is 110 Å². The molecule has 0 N–H and O–H groups in total. The van der Waals surface area contributed by atoms with E-state index in [0.717, 1.165) is 0 Å². The first kappa shape index (κ1) is 11.2. The summed E-state index contributed by atoms with van der Waals surface area (Å²) in [6, 6.07) is 8.52. The van der Waals surface area contributed by atoms with Crippen LogP contribution < -0.4 is 0 Å². The molecule has 0 spiro atoms. The second-order valence-electron chi connectivity index (χ2n) is 4.87. The summed E-state index contributed by atoms with van der Waals surface area (Å²) in [5.41, 5.74) is 1.31. The summed E-state index contributed by atoms with van der Waals surface area (Å²) < 4.78 is 1.18. The van der Waals surface area contributed by atoms with E-state index >= 15 is 0 Å². The molecule has 1 aliphatic rings. The molecule has 0 amide bonds. The Morgan fingerprint density at radius 2 is 1.82 bits per heavy atom. The summed E-state index contributed by atoms with van der Waals surface area (Å²) in [6.07, 6.45) is 8.67. The molecule has 88 valence electrons. The fraction of sp³-hybridized carbons (Fsp3) is 0.400. The van der Waals surface area contributed by atoms with Crippen LogP contribution in [-0.4, -0.2) is 4.98 Å². The number of fused-ring (bicyclic) bond motifs is 1. The fourth-order valence-electron chi connectivity index (χ4n) is 2.89. The van der Waals surface area contributed by atoms with Gasteiger partial charge in [-0.2, -0.15) is 0 Å². The molecule has 0 bridgehead atoms. The van der Waals surface area contributed by atoms with Crippen molar-refractivity contribution < 1.29 is 0 Å². The number of aromatic nitrogens is 1. The summed E-state index contributed by atoms with van der Waals surface area (Å²) >= 11 is 3.63. The van der Waals surface area contributed by atoms with Gasteiger partial charge in [-0.3, -0.25) is 4.98 Å². The lowest BCUT2D eigenvalue weighted by atomic mass is 9.85. The van der Waals surface area contributed by atoms with Gasteiger partial charge in [-0.1, -0.05) is 47.3 Å². The molecule has 1 nitrogen and oxygen atoms in total. The molecule has 0 radical (unpaired) electrons. The third kappa shape index (κ3) is 2.11. The minimum Gasteiger partial charge on any atom is -0.260 e. The summed E-state index contributed by atoms with van der Waals surface area (Å²) in [5.74, 6) is 0.668. The molecule has 1 saturated carbocycles. The molecular weight excluding hydrogens is 274 g/mol. The highest BCUT2D eigenvalue weighted by Crippen LogP contribution is 2.36. The third-order valence-electron chi connectivity index (χ3n) is 3.78. The Morgan fingerprint density at radius 3 is 2.65 bits per heavy atom. The molecule has 1 aromatic heterocycles. The zero-order valence-electron chi connectivity index (χ0n) is 9.82. The zero-order valence-corrected chi connectivity index (χ0v) is 11.4. The van der Waals surface area contributed by atoms with Crippen LogP contribution in [0.2, 0.25) is 0 Å². The highest BCUT2D eigenvalue weighted by Gasteiger charge is 2.19. The second-order valence-corrected chi connectivity index (χ2v) is 5.72. The molecule has 1 fully saturated rings. The van der Waals surface area contributed by atoms with E-state index in [2.05, 4.69) is 45.2 Å². The first-order chi connectivity index (χ1) is 8.36. The van der Waals surface area contributed by atoms with Gasteiger partial charge in [-0.25, -0.2) is 0 Å². The van der Waals surface area contributed by atoms with Gasteiger partial charge >= 0.3 is 0 Å². The van der Waals surface area contributed by atoms with Crippen LogP contribution in [0.1, 0.15) is 43.7 Å². The zero-order chi connectivity index (χ0) is 11.7. The molecule has 0 saturated heterocycles. The van der Waals surface area contributed by atoms with Crippen molar-refractivity contribution in [1.82, 2.24) is 4.98 Å². The maximum Gasteiger partial charge on any atom is 0.0513 e. The summed E-state index contributed by atoms with van der Waals surface area (Å²) in [7, 11) is 0. The molecule has 1 heterocycles. The molecule has 1 aromatic carbocycles. The average molecular weight is 290 g/mol. The van der Waals surface area contributed by atoms with Crippen molar-refractivity contribution in [3.63, 3.8) is 0 Å². The van der Waals surface area contributed by atoms with E-state index in [4.69, 9.17) is 0 Å². The van der Waals surface area contributed by atoms with Crippen LogP contribution in [0.4, 0.5) is 0 Å². The monoisotopic (exact) mass is 289 g/mol. The SMILES string of the molecule is Brc1cccc2c(C3CCCCC3)nccc12. The number of nitrogens with zero attached hydrogens (tertiary/aromatic N) is 1. The molecule has 3 rings (SSSR count). The normalized spacial score (nSPS) is 17.5. The topological polar surface area (TPSA) is 12.9 Å². The molecule has 2 heteroatoms. The minimum absolute atomic E-state index is 0.668. The van der Waals surface area contributed by atoms with Crippen LogP contribution in [0.25, 0.3) is 10.8 Å². The van der Waals surface area contributed by atoms with Crippen molar-refractivity contribution in [2.45, 2.75) is 38.0 Å². The molecule has 1 aliphatic carbocycles. The molecule has 0 unspecified atom stereocenters. The van der Waals surface area contributed by atoms with E-state index in [1.54, 1.807) is 0 Å². The summed E-state index contributed by atoms with van der Waals surface area (Å²) in [5, 5.41) is 2.62. The quantitative estimate of drug-likeness (QED) is 0.716. The third-order valence-corrected chi connectivity index (χ3v) is 4.47. The number of hydrogen-bond acceptors (Lipinski definition) is 1. The molecule has 0 aliphatic heterocycles. The van der Waals surface area contributed by atoms with Crippen molar-refractivity contribution in [2.75, 3.05) is 0 Å². The molecule has 2 aromatic rings. The van der Waals surface area contributed by atoms with Gasteiger partial charge < -0.3 is 0 Å². The van der Waals surface area contributed by atoms with Gasteiger partial charge in [0, 0.05) is 22.0 Å². The molecule has 0 atom stereocenters. The van der Waals surface area contributed by atoms with Crippen LogP contribution in [0.3, 0.4) is 0 Å². The first-order valence-electron chi connectivity index (χ1n) is 6.39. The standard InChI is InChI=1S/C15H16BrN/c16-14-8-4-7-13-12(14)9-10-17-15(13)11-5-2-1-3-6-11/h4,7-11H,1-3,5-6H2. The van der Waals surface area contributed by atoms with Crippen molar-refractivity contribution >= 4 is 26.7 Å². The summed E-state index contributed by atoms with van der Waals surface area (Å²) in [4.78, 5) is 4.65. The number of benzene rings is 1. The van der Waals surface area contributed by atoms with E-state index in [-0.39, 0.29) is 0 Å². The Balaban J connectivity index is 2.12. The highest BCUT2D eigenvalue weighted by atomic mass is 79.9. The van der Waals surface area contributed by atoms with Crippen molar-refractivity contribution in [2.24, 2.45) is 0 Å². The smallest absolute Gasteiger partial charge is 0.0513 e. The highest BCUT2D eigenvalue weighted by molar-refractivity contribution is 9.10. The molecule has 17 heavy (non-hydrogen) atoms. The maximum atomic E-state index is 4.65. The predicted octanol–water partition coefficient (Wildman–Crippen LogP) is 5.05. The van der Waals surface area contributed by atoms with Gasteiger partial charge in [-0.05, 0) is 30.4 Å². The van der Waals surface area contributed by atoms with E-state index in [1.807, 2.05) is 6.20 Å². The van der Waals surface area contributed by atoms with Crippen LogP contribution >= 0.6 is 15.9 Å². The lowest BCUT2D eigenvalue weighted by molar-refractivity contribution is 0.439. The minimum atomic E-state index is 0.668. The number of rotatable bonds is 1. The van der Waals surface area contributed by atoms with E-state index in [9.17, 15) is 0 Å². The van der Waals surface area contributed by atoms with Gasteiger partial charge in [0.15, 0.2) is 0 Å².